The first-order valence-corrected chi connectivity index (χ1v) is 7.04. The third-order valence-corrected chi connectivity index (χ3v) is 3.53. The summed E-state index contributed by atoms with van der Waals surface area (Å²) in [6.07, 6.45) is 1.20. The Morgan fingerprint density at radius 2 is 1.91 bits per heavy atom. The fraction of sp³-hybridized carbons (Fsp3) is 0.312. The van der Waals surface area contributed by atoms with Crippen LogP contribution in [0, 0.1) is 6.92 Å². The molecule has 1 N–H and O–H groups in total. The van der Waals surface area contributed by atoms with Crippen molar-refractivity contribution in [3.63, 3.8) is 0 Å². The second-order valence-corrected chi connectivity index (χ2v) is 5.14. The lowest BCUT2D eigenvalue weighted by molar-refractivity contribution is 0.0670. The van der Waals surface area contributed by atoms with Crippen LogP contribution in [0.5, 0.6) is 0 Å². The first kappa shape index (κ1) is 15.8. The highest BCUT2D eigenvalue weighted by Gasteiger charge is 2.25. The Labute approximate surface area is 129 Å². The average Bonchev–Trinajstić information content (AvgIpc) is 2.88. The largest absolute Gasteiger partial charge is 0.478 e. The molecule has 22 heavy (non-hydrogen) atoms. The molecule has 6 heteroatoms. The lowest BCUT2D eigenvalue weighted by atomic mass is 10.1. The van der Waals surface area contributed by atoms with Gasteiger partial charge in [-0.1, -0.05) is 29.8 Å². The molecule has 0 spiro atoms. The highest BCUT2D eigenvalue weighted by atomic mass is 16.4. The van der Waals surface area contributed by atoms with Crippen LogP contribution in [0.25, 0.3) is 0 Å². The lowest BCUT2D eigenvalue weighted by Gasteiger charge is -2.21. The zero-order valence-electron chi connectivity index (χ0n) is 12.9. The Morgan fingerprint density at radius 1 is 1.27 bits per heavy atom. The van der Waals surface area contributed by atoms with Gasteiger partial charge in [0.1, 0.15) is 11.3 Å². The van der Waals surface area contributed by atoms with Crippen molar-refractivity contribution in [3.05, 3.63) is 52.8 Å². The molecule has 116 valence electrons. The molecule has 0 aliphatic rings. The number of hydrogen-bond donors (Lipinski definition) is 1. The number of aryl methyl sites for hydroxylation is 2. The highest BCUT2D eigenvalue weighted by Crippen LogP contribution is 2.14. The van der Waals surface area contributed by atoms with E-state index in [1.807, 2.05) is 38.1 Å². The van der Waals surface area contributed by atoms with Crippen molar-refractivity contribution in [2.75, 3.05) is 6.54 Å². The SMILES string of the molecule is CCN(Cc1ccc(C)cc1)C(=O)c1c(C(=O)O)cnn1C. The van der Waals surface area contributed by atoms with Crippen molar-refractivity contribution < 1.29 is 14.7 Å². The van der Waals surface area contributed by atoms with E-state index in [9.17, 15) is 14.7 Å². The van der Waals surface area contributed by atoms with E-state index in [1.165, 1.54) is 10.9 Å². The van der Waals surface area contributed by atoms with Crippen molar-refractivity contribution in [2.45, 2.75) is 20.4 Å². The fourth-order valence-electron chi connectivity index (χ4n) is 2.24. The number of carbonyl (C=O) groups excluding carboxylic acids is 1. The first-order chi connectivity index (χ1) is 10.4. The molecule has 0 bridgehead atoms. The molecule has 0 radical (unpaired) electrons. The summed E-state index contributed by atoms with van der Waals surface area (Å²) in [5, 5.41) is 13.1. The smallest absolute Gasteiger partial charge is 0.339 e. The van der Waals surface area contributed by atoms with Crippen LogP contribution in [0.1, 0.15) is 38.9 Å². The van der Waals surface area contributed by atoms with Crippen LogP contribution in [0.2, 0.25) is 0 Å². The average molecular weight is 301 g/mol. The molecular formula is C16H19N3O3. The summed E-state index contributed by atoms with van der Waals surface area (Å²) in [6.45, 7) is 4.78. The van der Waals surface area contributed by atoms with Crippen molar-refractivity contribution in [3.8, 4) is 0 Å². The monoisotopic (exact) mass is 301 g/mol. The van der Waals surface area contributed by atoms with E-state index < -0.39 is 5.97 Å². The van der Waals surface area contributed by atoms with Crippen LogP contribution in [0.3, 0.4) is 0 Å². The number of amides is 1. The number of benzene rings is 1. The van der Waals surface area contributed by atoms with Crippen molar-refractivity contribution in [2.24, 2.45) is 7.05 Å². The molecule has 2 rings (SSSR count). The Balaban J connectivity index is 2.27. The van der Waals surface area contributed by atoms with E-state index in [2.05, 4.69) is 5.10 Å². The summed E-state index contributed by atoms with van der Waals surface area (Å²) in [7, 11) is 1.57. The summed E-state index contributed by atoms with van der Waals surface area (Å²) < 4.78 is 1.31. The van der Waals surface area contributed by atoms with E-state index in [0.29, 0.717) is 13.1 Å². The molecule has 6 nitrogen and oxygen atoms in total. The third-order valence-electron chi connectivity index (χ3n) is 3.53. The van der Waals surface area contributed by atoms with Gasteiger partial charge < -0.3 is 10.0 Å². The predicted molar refractivity (Wildman–Crippen MR) is 81.8 cm³/mol. The molecule has 0 aliphatic carbocycles. The summed E-state index contributed by atoms with van der Waals surface area (Å²) in [5.41, 5.74) is 2.18. The topological polar surface area (TPSA) is 75.4 Å². The molecule has 0 saturated heterocycles. The van der Waals surface area contributed by atoms with Crippen molar-refractivity contribution in [1.82, 2.24) is 14.7 Å². The number of carboxylic acid groups (broad SMARTS) is 1. The van der Waals surface area contributed by atoms with Gasteiger partial charge >= 0.3 is 5.97 Å². The van der Waals surface area contributed by atoms with Crippen LogP contribution >= 0.6 is 0 Å². The standard InChI is InChI=1S/C16H19N3O3/c1-4-19(10-12-7-5-11(2)6-8-12)15(20)14-13(16(21)22)9-17-18(14)3/h5-9H,4,10H2,1-3H3,(H,21,22). The minimum atomic E-state index is -1.15. The molecule has 1 heterocycles. The summed E-state index contributed by atoms with van der Waals surface area (Å²) >= 11 is 0. The van der Waals surface area contributed by atoms with Crippen LogP contribution in [-0.2, 0) is 13.6 Å². The number of carboxylic acids is 1. The Kier molecular flexibility index (Phi) is 4.60. The molecule has 2 aromatic rings. The Bertz CT molecular complexity index is 689. The molecule has 0 atom stereocenters. The quantitative estimate of drug-likeness (QED) is 0.917. The number of carbonyl (C=O) groups is 2. The molecule has 0 saturated carbocycles. The second kappa shape index (κ2) is 6.43. The molecule has 1 amide bonds. The molecule has 0 aliphatic heterocycles. The van der Waals surface area contributed by atoms with Gasteiger partial charge in [-0.3, -0.25) is 9.48 Å². The number of nitrogens with zero attached hydrogens (tertiary/aromatic N) is 3. The molecule has 1 aromatic carbocycles. The zero-order chi connectivity index (χ0) is 16.3. The number of rotatable bonds is 5. The summed E-state index contributed by atoms with van der Waals surface area (Å²) in [5.74, 6) is -1.48. The number of hydrogen-bond acceptors (Lipinski definition) is 3. The molecular weight excluding hydrogens is 282 g/mol. The van der Waals surface area contributed by atoms with E-state index in [1.54, 1.807) is 11.9 Å². The van der Waals surface area contributed by atoms with E-state index >= 15 is 0 Å². The molecule has 1 aromatic heterocycles. The number of aromatic nitrogens is 2. The van der Waals surface area contributed by atoms with Gasteiger partial charge in [0.05, 0.1) is 6.20 Å². The van der Waals surface area contributed by atoms with Crippen LogP contribution in [0.15, 0.2) is 30.5 Å². The first-order valence-electron chi connectivity index (χ1n) is 7.04. The maximum Gasteiger partial charge on any atom is 0.339 e. The number of aromatic carboxylic acids is 1. The van der Waals surface area contributed by atoms with E-state index in [4.69, 9.17) is 0 Å². The minimum absolute atomic E-state index is 0.0742. The second-order valence-electron chi connectivity index (χ2n) is 5.14. The maximum absolute atomic E-state index is 12.7. The molecule has 0 fully saturated rings. The van der Waals surface area contributed by atoms with Gasteiger partial charge in [0.25, 0.3) is 5.91 Å². The highest BCUT2D eigenvalue weighted by molar-refractivity contribution is 6.03. The lowest BCUT2D eigenvalue weighted by Crippen LogP contribution is -2.33. The Morgan fingerprint density at radius 3 is 2.45 bits per heavy atom. The van der Waals surface area contributed by atoms with Crippen molar-refractivity contribution in [1.29, 1.82) is 0 Å². The minimum Gasteiger partial charge on any atom is -0.478 e. The molecule has 0 unspecified atom stereocenters. The fourth-order valence-corrected chi connectivity index (χ4v) is 2.24. The Hall–Kier alpha value is -2.63. The van der Waals surface area contributed by atoms with Gasteiger partial charge in [-0.2, -0.15) is 5.10 Å². The van der Waals surface area contributed by atoms with Gasteiger partial charge in [0, 0.05) is 20.1 Å². The van der Waals surface area contributed by atoms with E-state index in [0.717, 1.165) is 11.1 Å². The van der Waals surface area contributed by atoms with Crippen LogP contribution < -0.4 is 0 Å². The van der Waals surface area contributed by atoms with Crippen LogP contribution in [0.4, 0.5) is 0 Å². The summed E-state index contributed by atoms with van der Waals surface area (Å²) in [4.78, 5) is 25.5. The van der Waals surface area contributed by atoms with Gasteiger partial charge in [-0.05, 0) is 19.4 Å². The van der Waals surface area contributed by atoms with Gasteiger partial charge in [0.15, 0.2) is 0 Å². The predicted octanol–water partition coefficient (Wildman–Crippen LogP) is 2.09. The summed E-state index contributed by atoms with van der Waals surface area (Å²) in [6, 6.07) is 7.90. The van der Waals surface area contributed by atoms with Crippen LogP contribution in [-0.4, -0.2) is 38.2 Å². The zero-order valence-corrected chi connectivity index (χ0v) is 12.9. The van der Waals surface area contributed by atoms with Gasteiger partial charge in [-0.25, -0.2) is 4.79 Å². The normalized spacial score (nSPS) is 10.5. The third kappa shape index (κ3) is 3.16. The maximum atomic E-state index is 12.7. The van der Waals surface area contributed by atoms with Gasteiger partial charge in [-0.15, -0.1) is 0 Å². The van der Waals surface area contributed by atoms with Crippen molar-refractivity contribution >= 4 is 11.9 Å². The van der Waals surface area contributed by atoms with E-state index in [-0.39, 0.29) is 17.2 Å². The van der Waals surface area contributed by atoms with Gasteiger partial charge in [0.2, 0.25) is 0 Å².